The fourth-order valence-corrected chi connectivity index (χ4v) is 14.6. The van der Waals surface area contributed by atoms with Gasteiger partial charge in [-0.2, -0.15) is 20.2 Å². The van der Waals surface area contributed by atoms with Crippen LogP contribution in [0.25, 0.3) is 34.4 Å². The molecule has 3 aromatic heterocycles. The minimum absolute atomic E-state index is 0. The van der Waals surface area contributed by atoms with E-state index in [2.05, 4.69) is 68.2 Å². The number of carbonyl (C=O) groups is 8. The van der Waals surface area contributed by atoms with Crippen LogP contribution in [0.3, 0.4) is 0 Å². The minimum atomic E-state index is -1.05. The Balaban J connectivity index is 0.000000302. The van der Waals surface area contributed by atoms with Gasteiger partial charge < -0.3 is 127 Å². The van der Waals surface area contributed by atoms with E-state index in [1.165, 1.54) is 14.2 Å². The maximum absolute atomic E-state index is 12.5. The first-order valence-electron chi connectivity index (χ1n) is 45.9. The highest BCUT2D eigenvalue weighted by molar-refractivity contribution is 5.97. The summed E-state index contributed by atoms with van der Waals surface area (Å²) in [7, 11) is 12.6. The number of nitrogens with one attached hydrogen (secondary N) is 3. The zero-order valence-electron chi connectivity index (χ0n) is 83.9. The first-order valence-corrected chi connectivity index (χ1v) is 45.9. The number of benzene rings is 6. The molecule has 0 spiro atoms. The number of likely N-dealkylation sites (tertiary alicyclic amines) is 4. The van der Waals surface area contributed by atoms with Crippen molar-refractivity contribution in [1.29, 1.82) is 5.26 Å². The summed E-state index contributed by atoms with van der Waals surface area (Å²) in [6.07, 6.45) is 7.17. The quantitative estimate of drug-likeness (QED) is 0.00736. The fourth-order valence-electron chi connectivity index (χ4n) is 14.6. The molecule has 9 aromatic rings. The SMILES string of the molecule is C.CC(C)(C)OC(=O)N1CCC(/C(N)=N/O)CC1.CC(C)(C)OC(=O)N1CCC(C#N)CC1.COc1ccc(-c2nc(C3CCN(C(=O)CNC(=O)c4ccccc4)CC3)no2)cc1OC.COc1ccc(-c2nc(C3CCN(C(=O)OC(C)(C)C)CC3)no2)cc1OC.COc1ccc(-c2nc(C3CCNCC3)no2)cc1OC.COc1ccc(OC=O)cc1OC.Cl.NO.O=C(O)CNC(=O)c1ccccc1. The second kappa shape index (κ2) is 60.5. The van der Waals surface area contributed by atoms with Crippen molar-refractivity contribution in [2.24, 2.45) is 28.6 Å². The van der Waals surface area contributed by atoms with E-state index in [0.717, 1.165) is 87.0 Å². The van der Waals surface area contributed by atoms with Crippen molar-refractivity contribution in [3.63, 3.8) is 0 Å². The second-order valence-electron chi connectivity index (χ2n) is 35.4. The van der Waals surface area contributed by atoms with E-state index in [4.69, 9.17) is 92.2 Å². The van der Waals surface area contributed by atoms with Crippen LogP contribution in [0.4, 0.5) is 14.4 Å². The third kappa shape index (κ3) is 38.9. The van der Waals surface area contributed by atoms with E-state index in [1.54, 1.807) is 159 Å². The molecule has 5 saturated heterocycles. The summed E-state index contributed by atoms with van der Waals surface area (Å²) in [5.41, 5.74) is 7.47. The van der Waals surface area contributed by atoms with Gasteiger partial charge in [0, 0.05) is 116 Å². The van der Waals surface area contributed by atoms with Gasteiger partial charge in [0.1, 0.15) is 34.9 Å². The molecule has 43 nitrogen and oxygen atoms in total. The highest BCUT2D eigenvalue weighted by atomic mass is 35.5. The number of rotatable bonds is 23. The molecule has 144 heavy (non-hydrogen) atoms. The van der Waals surface area contributed by atoms with E-state index in [1.807, 2.05) is 98.7 Å². The first kappa shape index (κ1) is 120. The molecule has 0 unspecified atom stereocenters. The van der Waals surface area contributed by atoms with E-state index in [0.29, 0.717) is 170 Å². The lowest BCUT2D eigenvalue weighted by atomic mass is 9.96. The predicted molar refractivity (Wildman–Crippen MR) is 533 cm³/mol. The molecule has 6 aromatic carbocycles. The maximum atomic E-state index is 12.5. The Morgan fingerprint density at radius 1 is 0.458 bits per heavy atom. The van der Waals surface area contributed by atoms with Crippen molar-refractivity contribution in [3.8, 4) is 92.2 Å². The topological polar surface area (TPSA) is 562 Å². The van der Waals surface area contributed by atoms with Crippen molar-refractivity contribution in [2.45, 2.75) is 169 Å². The number of aromatic nitrogens is 6. The second-order valence-corrected chi connectivity index (χ2v) is 35.4. The Hall–Kier alpha value is -14.8. The van der Waals surface area contributed by atoms with Gasteiger partial charge in [0.15, 0.2) is 63.5 Å². The van der Waals surface area contributed by atoms with Crippen LogP contribution in [0.15, 0.2) is 152 Å². The lowest BCUT2D eigenvalue weighted by Crippen LogP contribution is -2.44. The van der Waals surface area contributed by atoms with Crippen LogP contribution in [-0.2, 0) is 28.6 Å². The standard InChI is InChI=1S/C24H26N4O5.C20H27N3O5.C15H19N3O3.C11H21N3O3.C11H18N2O2.C9H9NO3.C9H10O4.CH4.ClH.H3NO/c1-31-19-9-8-18(14-20(19)32-2)24-26-22(27-33-24)16-10-12-28(13-11-16)21(29)15-25-23(30)17-6-4-3-5-7-17;1-20(2,3)27-19(24)23-10-8-13(9-11-23)17-21-18(28-22-17)14-6-7-15(25-4)16(12-14)26-5;1-19-12-4-3-11(9-13(12)20-2)15-17-14(18-21-15)10-5-7-16-8-6-10;1-11(2,3)17-10(15)14-6-4-8(5-7-14)9(12)13-16;1-11(2,3)15-10(14)13-6-4-9(8-12)5-7-13;11-8(12)6-10-9(13)7-4-2-1-3-5-7;1-11-8-4-3-7(13-6-10)5-9(8)12-2;;;1-2/h3-9,14,16H,10-13,15H2,1-2H3,(H,25,30);6-7,12-13H,8-11H2,1-5H3;3-4,9-10,16H,5-8H2,1-2H3;8,16H,4-7H2,1-3H3,(H2,12,13);9H,4-7H2,1-3H3;1-5H,6H2,(H,10,13)(H,11,12);3-6H,1-2H3;1H4;1H;2H,1H2. The normalized spacial score (nSPS) is 14.4. The van der Waals surface area contributed by atoms with Gasteiger partial charge in [-0.1, -0.05) is 64.5 Å². The Kier molecular flexibility index (Phi) is 50.3. The molecule has 0 aliphatic carbocycles. The zero-order valence-corrected chi connectivity index (χ0v) is 84.7. The van der Waals surface area contributed by atoms with Gasteiger partial charge in [0.25, 0.3) is 36.0 Å². The molecule has 5 aliphatic heterocycles. The Morgan fingerprint density at radius 2 is 0.771 bits per heavy atom. The van der Waals surface area contributed by atoms with Gasteiger partial charge in [0.05, 0.1) is 69.5 Å². The van der Waals surface area contributed by atoms with Crippen LogP contribution in [0.2, 0.25) is 0 Å². The van der Waals surface area contributed by atoms with E-state index in [-0.39, 0.29) is 98.4 Å². The van der Waals surface area contributed by atoms with E-state index >= 15 is 0 Å². The van der Waals surface area contributed by atoms with Gasteiger partial charge in [-0.05, 0) is 231 Å². The van der Waals surface area contributed by atoms with Crippen LogP contribution in [0, 0.1) is 23.2 Å². The van der Waals surface area contributed by atoms with Gasteiger partial charge in [0.2, 0.25) is 5.91 Å². The molecular weight excluding hydrogens is 1890 g/mol. The monoisotopic (exact) mass is 2030 g/mol. The number of nitrogens with two attached hydrogens (primary N) is 2. The number of carboxylic acids is 1. The van der Waals surface area contributed by atoms with Crippen LogP contribution >= 0.6 is 12.4 Å². The molecule has 0 radical (unpaired) electrons. The van der Waals surface area contributed by atoms with E-state index in [9.17, 15) is 38.4 Å². The Morgan fingerprint density at radius 3 is 1.09 bits per heavy atom. The number of methoxy groups -OCH3 is 8. The summed E-state index contributed by atoms with van der Waals surface area (Å²) in [5.74, 6) is 11.5. The number of amides is 6. The number of ether oxygens (including phenoxy) is 12. The molecule has 0 bridgehead atoms. The molecule has 44 heteroatoms. The van der Waals surface area contributed by atoms with E-state index < -0.39 is 22.8 Å². The van der Waals surface area contributed by atoms with Crippen molar-refractivity contribution in [1.82, 2.24) is 66.0 Å². The number of hydrogen-bond acceptors (Lipinski definition) is 35. The number of carboxylic acid groups (broad SMARTS) is 1. The van der Waals surface area contributed by atoms with Gasteiger partial charge >= 0.3 is 24.2 Å². The van der Waals surface area contributed by atoms with Crippen molar-refractivity contribution >= 4 is 66.7 Å². The average Bonchev–Trinajstić information content (AvgIpc) is 1.68. The maximum Gasteiger partial charge on any atom is 0.410 e. The number of aliphatic carboxylic acids is 1. The summed E-state index contributed by atoms with van der Waals surface area (Å²) in [5, 5.41) is 55.8. The predicted octanol–water partition coefficient (Wildman–Crippen LogP) is 14.6. The summed E-state index contributed by atoms with van der Waals surface area (Å²) in [4.78, 5) is 112. The number of amidine groups is 1. The van der Waals surface area contributed by atoms with Crippen molar-refractivity contribution < 1.29 is 124 Å². The number of piperidine rings is 5. The Bertz CT molecular complexity index is 5510. The zero-order chi connectivity index (χ0) is 104. The largest absolute Gasteiger partial charge is 0.493 e. The minimum Gasteiger partial charge on any atom is -0.493 e. The number of nitriles is 1. The fraction of sp³-hybridized carbons (Fsp3) is 0.480. The first-order chi connectivity index (χ1) is 68.0. The Labute approximate surface area is 844 Å². The summed E-state index contributed by atoms with van der Waals surface area (Å²) in [6, 6.07) is 40.9. The number of hydrogen-bond donors (Lipinski definition) is 8. The summed E-state index contributed by atoms with van der Waals surface area (Å²) >= 11 is 0. The summed E-state index contributed by atoms with van der Waals surface area (Å²) < 4.78 is 78.6. The molecule has 5 aliphatic rings. The highest BCUT2D eigenvalue weighted by Gasteiger charge is 2.34. The molecule has 10 N–H and O–H groups in total. The van der Waals surface area contributed by atoms with Crippen molar-refractivity contribution in [3.05, 3.63) is 162 Å². The number of halogens is 1. The molecule has 6 amide bonds. The molecular formula is C100H138ClN17O26. The molecule has 14 rings (SSSR count). The van der Waals surface area contributed by atoms with Crippen LogP contribution in [0.1, 0.15) is 190 Å². The van der Waals surface area contributed by atoms with Gasteiger partial charge in [-0.15, -0.1) is 12.4 Å². The van der Waals surface area contributed by atoms with Crippen LogP contribution in [0.5, 0.6) is 51.7 Å². The number of nitrogens with zero attached hydrogens (tertiary/aromatic N) is 12. The molecule has 786 valence electrons. The van der Waals surface area contributed by atoms with Gasteiger partial charge in [-0.25, -0.2) is 20.3 Å². The lowest BCUT2D eigenvalue weighted by molar-refractivity contribution is -0.136. The van der Waals surface area contributed by atoms with Crippen LogP contribution in [-0.4, -0.2) is 272 Å². The van der Waals surface area contributed by atoms with Crippen molar-refractivity contribution in [2.75, 3.05) is 135 Å². The summed E-state index contributed by atoms with van der Waals surface area (Å²) in [6.45, 7) is 23.5. The van der Waals surface area contributed by atoms with Crippen LogP contribution < -0.4 is 70.2 Å². The molecule has 8 heterocycles. The number of oxime groups is 1. The molecule has 0 saturated carbocycles. The molecule has 0 atom stereocenters. The number of carbonyl (C=O) groups excluding carboxylic acids is 7. The third-order valence-corrected chi connectivity index (χ3v) is 22.1. The smallest absolute Gasteiger partial charge is 0.410 e. The highest BCUT2D eigenvalue weighted by Crippen LogP contribution is 2.39. The third-order valence-electron chi connectivity index (χ3n) is 22.1. The van der Waals surface area contributed by atoms with Gasteiger partial charge in [-0.3, -0.25) is 24.0 Å². The lowest BCUT2D eigenvalue weighted by Gasteiger charge is -2.32. The molecule has 5 fully saturated rings. The average molecular weight is 2030 g/mol.